The average Bonchev–Trinajstić information content (AvgIpc) is 3.11. The van der Waals surface area contributed by atoms with Crippen molar-refractivity contribution >= 4 is 11.6 Å². The van der Waals surface area contributed by atoms with Gasteiger partial charge in [0.25, 0.3) is 5.91 Å². The van der Waals surface area contributed by atoms with Crippen LogP contribution in [0.25, 0.3) is 16.9 Å². The highest BCUT2D eigenvalue weighted by molar-refractivity contribution is 5.91. The summed E-state index contributed by atoms with van der Waals surface area (Å²) in [5.41, 5.74) is 2.91. The molecule has 2 aromatic carbocycles. The summed E-state index contributed by atoms with van der Waals surface area (Å²) in [5, 5.41) is 15.1. The summed E-state index contributed by atoms with van der Waals surface area (Å²) < 4.78 is 14.4. The number of halogens is 1. The van der Waals surface area contributed by atoms with Crippen molar-refractivity contribution in [2.45, 2.75) is 6.54 Å². The molecule has 0 fully saturated rings. The highest BCUT2D eigenvalue weighted by Crippen LogP contribution is 2.16. The van der Waals surface area contributed by atoms with E-state index < -0.39 is 5.91 Å². The highest BCUT2D eigenvalue weighted by atomic mass is 19.1. The van der Waals surface area contributed by atoms with E-state index in [9.17, 15) is 9.18 Å². The lowest BCUT2D eigenvalue weighted by molar-refractivity contribution is 0.0938. The number of carbonyl (C=O) groups is 1. The van der Waals surface area contributed by atoms with Crippen molar-refractivity contribution in [2.75, 3.05) is 0 Å². The van der Waals surface area contributed by atoms with Crippen molar-refractivity contribution < 1.29 is 9.18 Å². The van der Waals surface area contributed by atoms with Gasteiger partial charge in [0.2, 0.25) is 5.82 Å². The van der Waals surface area contributed by atoms with Gasteiger partial charge >= 0.3 is 0 Å². The van der Waals surface area contributed by atoms with E-state index in [-0.39, 0.29) is 18.2 Å². The van der Waals surface area contributed by atoms with Gasteiger partial charge in [0, 0.05) is 12.1 Å². The molecule has 0 radical (unpaired) electrons. The summed E-state index contributed by atoms with van der Waals surface area (Å²) in [7, 11) is 0. The van der Waals surface area contributed by atoms with Crippen LogP contribution in [0.2, 0.25) is 0 Å². The summed E-state index contributed by atoms with van der Waals surface area (Å²) in [6.45, 7) is 0.256. The Morgan fingerprint density at radius 1 is 0.962 bits per heavy atom. The Morgan fingerprint density at radius 2 is 1.73 bits per heavy atom. The van der Waals surface area contributed by atoms with Gasteiger partial charge in [0.15, 0.2) is 5.65 Å². The van der Waals surface area contributed by atoms with Crippen LogP contribution < -0.4 is 5.32 Å². The zero-order chi connectivity index (χ0) is 17.9. The van der Waals surface area contributed by atoms with Crippen molar-refractivity contribution in [3.05, 3.63) is 83.9 Å². The molecule has 128 valence electrons. The molecule has 0 aliphatic rings. The number of hydrogen-bond acceptors (Lipinski definition) is 4. The van der Waals surface area contributed by atoms with Gasteiger partial charge in [-0.1, -0.05) is 42.5 Å². The number of rotatable bonds is 4. The first-order chi connectivity index (χ1) is 12.7. The predicted molar refractivity (Wildman–Crippen MR) is 93.8 cm³/mol. The molecular weight excluding hydrogens is 333 g/mol. The quantitative estimate of drug-likeness (QED) is 0.616. The standard InChI is InChI=1S/C19H14FN5O/c20-15-8-6-13(7-9-15)12-21-19(26)18-23-22-17-11-10-16(24-25(17)18)14-4-2-1-3-5-14/h1-11H,12H2,(H,21,26). The summed E-state index contributed by atoms with van der Waals surface area (Å²) in [6.07, 6.45) is 0. The Labute approximate surface area is 148 Å². The highest BCUT2D eigenvalue weighted by Gasteiger charge is 2.16. The minimum absolute atomic E-state index is 0.0971. The van der Waals surface area contributed by atoms with Gasteiger partial charge in [-0.05, 0) is 29.8 Å². The van der Waals surface area contributed by atoms with Crippen molar-refractivity contribution in [3.8, 4) is 11.3 Å². The number of nitrogens with one attached hydrogen (secondary N) is 1. The third kappa shape index (κ3) is 3.14. The van der Waals surface area contributed by atoms with Crippen LogP contribution in [0.5, 0.6) is 0 Å². The molecule has 2 aromatic heterocycles. The predicted octanol–water partition coefficient (Wildman–Crippen LogP) is 2.86. The molecule has 0 aliphatic heterocycles. The molecule has 4 rings (SSSR count). The maximum Gasteiger partial charge on any atom is 0.291 e. The van der Waals surface area contributed by atoms with Crippen LogP contribution >= 0.6 is 0 Å². The number of carbonyl (C=O) groups excluding carboxylic acids is 1. The molecule has 1 N–H and O–H groups in total. The number of fused-ring (bicyclic) bond motifs is 1. The normalized spacial score (nSPS) is 10.8. The molecular formula is C19H14FN5O. The fourth-order valence-corrected chi connectivity index (χ4v) is 2.56. The van der Waals surface area contributed by atoms with Crippen LogP contribution in [0.1, 0.15) is 16.2 Å². The summed E-state index contributed by atoms with van der Waals surface area (Å²) in [4.78, 5) is 12.5. The minimum Gasteiger partial charge on any atom is -0.345 e. The number of nitrogens with zero attached hydrogens (tertiary/aromatic N) is 4. The molecule has 26 heavy (non-hydrogen) atoms. The van der Waals surface area contributed by atoms with Crippen LogP contribution in [0.3, 0.4) is 0 Å². The SMILES string of the molecule is O=C(NCc1ccc(F)cc1)c1nnc2ccc(-c3ccccc3)nn12. The number of hydrogen-bond donors (Lipinski definition) is 1. The summed E-state index contributed by atoms with van der Waals surface area (Å²) in [6, 6.07) is 19.2. The molecule has 4 aromatic rings. The summed E-state index contributed by atoms with van der Waals surface area (Å²) >= 11 is 0. The maximum atomic E-state index is 12.9. The zero-order valence-electron chi connectivity index (χ0n) is 13.6. The fraction of sp³-hybridized carbons (Fsp3) is 0.0526. The second-order valence-corrected chi connectivity index (χ2v) is 5.69. The van der Waals surface area contributed by atoms with Crippen molar-refractivity contribution in [1.29, 1.82) is 0 Å². The van der Waals surface area contributed by atoms with Crippen LogP contribution in [0.4, 0.5) is 4.39 Å². The molecule has 0 spiro atoms. The first-order valence-electron chi connectivity index (χ1n) is 8.01. The average molecular weight is 347 g/mol. The molecule has 0 aliphatic carbocycles. The molecule has 0 atom stereocenters. The zero-order valence-corrected chi connectivity index (χ0v) is 13.6. The van der Waals surface area contributed by atoms with Crippen LogP contribution in [0.15, 0.2) is 66.7 Å². The van der Waals surface area contributed by atoms with E-state index in [1.807, 2.05) is 36.4 Å². The number of amides is 1. The van der Waals surface area contributed by atoms with Crippen LogP contribution in [0, 0.1) is 5.82 Å². The summed E-state index contributed by atoms with van der Waals surface area (Å²) in [5.74, 6) is -0.624. The van der Waals surface area contributed by atoms with Gasteiger partial charge in [0.05, 0.1) is 5.69 Å². The third-order valence-electron chi connectivity index (χ3n) is 3.90. The fourth-order valence-electron chi connectivity index (χ4n) is 2.56. The Hall–Kier alpha value is -3.61. The van der Waals surface area contributed by atoms with E-state index in [1.54, 1.807) is 18.2 Å². The smallest absolute Gasteiger partial charge is 0.291 e. The van der Waals surface area contributed by atoms with E-state index in [0.717, 1.165) is 11.1 Å². The third-order valence-corrected chi connectivity index (χ3v) is 3.90. The van der Waals surface area contributed by atoms with E-state index >= 15 is 0 Å². The minimum atomic E-state index is -0.403. The van der Waals surface area contributed by atoms with Gasteiger partial charge in [-0.25, -0.2) is 4.39 Å². The van der Waals surface area contributed by atoms with Crippen molar-refractivity contribution in [2.24, 2.45) is 0 Å². The first-order valence-corrected chi connectivity index (χ1v) is 8.01. The van der Waals surface area contributed by atoms with Gasteiger partial charge in [-0.2, -0.15) is 9.61 Å². The van der Waals surface area contributed by atoms with Crippen LogP contribution in [-0.4, -0.2) is 25.7 Å². The Morgan fingerprint density at radius 3 is 2.50 bits per heavy atom. The molecule has 0 saturated carbocycles. The lowest BCUT2D eigenvalue weighted by Crippen LogP contribution is -2.25. The molecule has 0 unspecified atom stereocenters. The van der Waals surface area contributed by atoms with Crippen molar-refractivity contribution in [3.63, 3.8) is 0 Å². The van der Waals surface area contributed by atoms with E-state index in [1.165, 1.54) is 16.6 Å². The number of aromatic nitrogens is 4. The molecule has 1 amide bonds. The maximum absolute atomic E-state index is 12.9. The molecule has 0 bridgehead atoms. The molecule has 6 nitrogen and oxygen atoms in total. The van der Waals surface area contributed by atoms with E-state index in [4.69, 9.17) is 0 Å². The van der Waals surface area contributed by atoms with Gasteiger partial charge in [0.1, 0.15) is 5.82 Å². The molecule has 2 heterocycles. The molecule has 0 saturated heterocycles. The largest absolute Gasteiger partial charge is 0.345 e. The second kappa shape index (κ2) is 6.72. The van der Waals surface area contributed by atoms with Crippen LogP contribution in [-0.2, 0) is 6.54 Å². The number of benzene rings is 2. The van der Waals surface area contributed by atoms with Gasteiger partial charge < -0.3 is 5.32 Å². The Kier molecular flexibility index (Phi) is 4.10. The van der Waals surface area contributed by atoms with Crippen molar-refractivity contribution in [1.82, 2.24) is 25.1 Å². The molecule has 7 heteroatoms. The Balaban J connectivity index is 1.59. The van der Waals surface area contributed by atoms with E-state index in [2.05, 4.69) is 20.6 Å². The Bertz CT molecular complexity index is 1060. The first kappa shape index (κ1) is 15.9. The monoisotopic (exact) mass is 347 g/mol. The topological polar surface area (TPSA) is 72.2 Å². The van der Waals surface area contributed by atoms with Gasteiger partial charge in [-0.15, -0.1) is 10.2 Å². The van der Waals surface area contributed by atoms with E-state index in [0.29, 0.717) is 11.3 Å². The second-order valence-electron chi connectivity index (χ2n) is 5.69. The lowest BCUT2D eigenvalue weighted by atomic mass is 10.1. The van der Waals surface area contributed by atoms with Gasteiger partial charge in [-0.3, -0.25) is 4.79 Å². The lowest BCUT2D eigenvalue weighted by Gasteiger charge is -2.05.